The molecule has 5 rings (SSSR count). The van der Waals surface area contributed by atoms with Crippen molar-refractivity contribution in [3.63, 3.8) is 0 Å². The average Bonchev–Trinajstić information content (AvgIpc) is 3.15. The number of fused-ring (bicyclic) bond motifs is 2. The van der Waals surface area contributed by atoms with E-state index in [1.807, 2.05) is 48.5 Å². The number of nitrogens with zero attached hydrogens (tertiary/aromatic N) is 3. The molecule has 2 aliphatic rings. The first-order valence-electron chi connectivity index (χ1n) is 10.5. The van der Waals surface area contributed by atoms with Gasteiger partial charge in [0.1, 0.15) is 12.4 Å². The number of carbonyl (C=O) groups excluding carboxylic acids is 2. The van der Waals surface area contributed by atoms with Crippen molar-refractivity contribution in [1.82, 2.24) is 14.9 Å². The molecule has 2 aromatic carbocycles. The van der Waals surface area contributed by atoms with E-state index in [-0.39, 0.29) is 18.4 Å². The summed E-state index contributed by atoms with van der Waals surface area (Å²) in [7, 11) is 0. The Morgan fingerprint density at radius 2 is 1.97 bits per heavy atom. The number of aromatic amines is 1. The highest BCUT2D eigenvalue weighted by Gasteiger charge is 2.29. The van der Waals surface area contributed by atoms with E-state index < -0.39 is 0 Å². The largest absolute Gasteiger partial charge is 0.342 e. The Bertz CT molecular complexity index is 1060. The van der Waals surface area contributed by atoms with E-state index in [4.69, 9.17) is 4.98 Å². The summed E-state index contributed by atoms with van der Waals surface area (Å²) in [5, 5.41) is 2.84. The molecule has 30 heavy (non-hydrogen) atoms. The molecule has 7 heteroatoms. The Hall–Kier alpha value is -3.19. The highest BCUT2D eigenvalue weighted by Crippen LogP contribution is 2.29. The van der Waals surface area contributed by atoms with Gasteiger partial charge in [-0.25, -0.2) is 4.98 Å². The Morgan fingerprint density at radius 1 is 1.13 bits per heavy atom. The summed E-state index contributed by atoms with van der Waals surface area (Å²) in [5.74, 6) is 1.30. The molecule has 3 aromatic rings. The quantitative estimate of drug-likeness (QED) is 0.702. The highest BCUT2D eigenvalue weighted by atomic mass is 16.2. The minimum atomic E-state index is -0.150. The molecule has 0 saturated carbocycles. The van der Waals surface area contributed by atoms with E-state index in [9.17, 15) is 9.59 Å². The predicted octanol–water partition coefficient (Wildman–Crippen LogP) is 2.80. The number of benzene rings is 2. The second-order valence-electron chi connectivity index (χ2n) is 8.19. The average molecular weight is 403 g/mol. The van der Waals surface area contributed by atoms with Gasteiger partial charge in [-0.2, -0.15) is 0 Å². The Labute approximate surface area is 175 Å². The maximum absolute atomic E-state index is 13.0. The predicted molar refractivity (Wildman–Crippen MR) is 116 cm³/mol. The van der Waals surface area contributed by atoms with Gasteiger partial charge in [0.2, 0.25) is 11.8 Å². The van der Waals surface area contributed by atoms with Crippen LogP contribution in [-0.2, 0) is 16.0 Å². The summed E-state index contributed by atoms with van der Waals surface area (Å²) < 4.78 is 0. The van der Waals surface area contributed by atoms with Crippen molar-refractivity contribution in [3.05, 3.63) is 54.4 Å². The maximum Gasteiger partial charge on any atom is 0.244 e. The number of rotatable bonds is 4. The van der Waals surface area contributed by atoms with Crippen LogP contribution in [0.1, 0.15) is 18.7 Å². The van der Waals surface area contributed by atoms with Crippen LogP contribution in [0.2, 0.25) is 0 Å². The lowest BCUT2D eigenvalue weighted by Gasteiger charge is -2.35. The van der Waals surface area contributed by atoms with Crippen molar-refractivity contribution in [1.29, 1.82) is 0 Å². The molecule has 1 fully saturated rings. The molecule has 0 unspecified atom stereocenters. The third-order valence-electron chi connectivity index (χ3n) is 5.95. The van der Waals surface area contributed by atoms with Gasteiger partial charge in [-0.15, -0.1) is 0 Å². The lowest BCUT2D eigenvalue weighted by molar-refractivity contribution is -0.123. The molecule has 1 aromatic heterocycles. The van der Waals surface area contributed by atoms with Crippen LogP contribution in [0, 0.1) is 5.92 Å². The molecule has 7 nitrogen and oxygen atoms in total. The van der Waals surface area contributed by atoms with Gasteiger partial charge in [0.05, 0.1) is 29.0 Å². The number of likely N-dealkylation sites (tertiary alicyclic amines) is 1. The zero-order valence-electron chi connectivity index (χ0n) is 16.8. The molecule has 0 bridgehead atoms. The van der Waals surface area contributed by atoms with Crippen molar-refractivity contribution in [2.24, 2.45) is 5.92 Å². The summed E-state index contributed by atoms with van der Waals surface area (Å²) in [6.45, 7) is 2.18. The Kier molecular flexibility index (Phi) is 4.96. The third kappa shape index (κ3) is 3.80. The van der Waals surface area contributed by atoms with Crippen LogP contribution in [-0.4, -0.2) is 52.9 Å². The molecule has 3 heterocycles. The SMILES string of the molecule is O=C1CN(C(=O)CN2CCC[C@@H](Cc3nc4ccccc4[nH]3)C2)c2ccccc2N1. The Morgan fingerprint density at radius 3 is 2.87 bits per heavy atom. The highest BCUT2D eigenvalue weighted by molar-refractivity contribution is 6.10. The minimum Gasteiger partial charge on any atom is -0.342 e. The monoisotopic (exact) mass is 403 g/mol. The fourth-order valence-electron chi connectivity index (χ4n) is 4.57. The van der Waals surface area contributed by atoms with Crippen LogP contribution in [0.25, 0.3) is 11.0 Å². The van der Waals surface area contributed by atoms with Gasteiger partial charge < -0.3 is 10.3 Å². The molecule has 1 saturated heterocycles. The molecule has 154 valence electrons. The summed E-state index contributed by atoms with van der Waals surface area (Å²) in [5.41, 5.74) is 3.54. The number of amides is 2. The van der Waals surface area contributed by atoms with Crippen LogP contribution in [0.5, 0.6) is 0 Å². The first-order valence-corrected chi connectivity index (χ1v) is 10.5. The van der Waals surface area contributed by atoms with Crippen LogP contribution in [0.4, 0.5) is 11.4 Å². The lowest BCUT2D eigenvalue weighted by atomic mass is 9.94. The number of piperidine rings is 1. The van der Waals surface area contributed by atoms with Gasteiger partial charge in [-0.05, 0) is 49.6 Å². The number of carbonyl (C=O) groups is 2. The van der Waals surface area contributed by atoms with Crippen molar-refractivity contribution >= 4 is 34.2 Å². The summed E-state index contributed by atoms with van der Waals surface area (Å²) in [6, 6.07) is 15.5. The van der Waals surface area contributed by atoms with Crippen molar-refractivity contribution in [2.45, 2.75) is 19.3 Å². The van der Waals surface area contributed by atoms with E-state index >= 15 is 0 Å². The summed E-state index contributed by atoms with van der Waals surface area (Å²) >= 11 is 0. The number of anilines is 2. The smallest absolute Gasteiger partial charge is 0.244 e. The standard InChI is InChI=1S/C23H25N5O2/c29-22-14-28(20-10-4-3-9-19(20)26-22)23(30)15-27-11-5-6-16(13-27)12-21-24-17-7-1-2-8-18(17)25-21/h1-4,7-10,16H,5-6,11-15H2,(H,24,25)(H,26,29)/t16-/m0/s1. The van der Waals surface area contributed by atoms with Crippen LogP contribution < -0.4 is 10.2 Å². The third-order valence-corrected chi connectivity index (χ3v) is 5.95. The fraction of sp³-hybridized carbons (Fsp3) is 0.348. The van der Waals surface area contributed by atoms with Gasteiger partial charge in [0.15, 0.2) is 0 Å². The zero-order chi connectivity index (χ0) is 20.5. The second kappa shape index (κ2) is 7.91. The number of imidazole rings is 1. The van der Waals surface area contributed by atoms with Gasteiger partial charge in [-0.1, -0.05) is 24.3 Å². The zero-order valence-corrected chi connectivity index (χ0v) is 16.8. The Balaban J connectivity index is 1.24. The first-order chi connectivity index (χ1) is 14.7. The van der Waals surface area contributed by atoms with E-state index in [2.05, 4.69) is 15.2 Å². The fourth-order valence-corrected chi connectivity index (χ4v) is 4.57. The van der Waals surface area contributed by atoms with E-state index in [1.165, 1.54) is 0 Å². The molecule has 2 aliphatic heterocycles. The number of para-hydroxylation sites is 4. The van der Waals surface area contributed by atoms with Crippen molar-refractivity contribution in [3.8, 4) is 0 Å². The first kappa shape index (κ1) is 18.8. The number of aromatic nitrogens is 2. The molecule has 2 N–H and O–H groups in total. The maximum atomic E-state index is 13.0. The van der Waals surface area contributed by atoms with Crippen LogP contribution >= 0.6 is 0 Å². The van der Waals surface area contributed by atoms with Gasteiger partial charge in [-0.3, -0.25) is 19.4 Å². The summed E-state index contributed by atoms with van der Waals surface area (Å²) in [6.07, 6.45) is 3.08. The van der Waals surface area contributed by atoms with Gasteiger partial charge in [0.25, 0.3) is 0 Å². The van der Waals surface area contributed by atoms with Crippen LogP contribution in [0.15, 0.2) is 48.5 Å². The normalized spacial score (nSPS) is 19.5. The molecule has 0 radical (unpaired) electrons. The number of hydrogen-bond acceptors (Lipinski definition) is 4. The van der Waals surface area contributed by atoms with Crippen LogP contribution in [0.3, 0.4) is 0 Å². The number of H-pyrrole nitrogens is 1. The van der Waals surface area contributed by atoms with E-state index in [1.54, 1.807) is 4.90 Å². The minimum absolute atomic E-state index is 0.0262. The van der Waals surface area contributed by atoms with Crippen molar-refractivity contribution in [2.75, 3.05) is 36.4 Å². The molecule has 2 amide bonds. The van der Waals surface area contributed by atoms with Gasteiger partial charge in [0, 0.05) is 13.0 Å². The van der Waals surface area contributed by atoms with Gasteiger partial charge >= 0.3 is 0 Å². The molecular formula is C23H25N5O2. The molecular weight excluding hydrogens is 378 g/mol. The molecule has 0 spiro atoms. The number of hydrogen-bond donors (Lipinski definition) is 2. The molecule has 0 aliphatic carbocycles. The molecule has 1 atom stereocenters. The lowest BCUT2D eigenvalue weighted by Crippen LogP contribution is -2.48. The van der Waals surface area contributed by atoms with E-state index in [0.29, 0.717) is 18.2 Å². The number of nitrogens with one attached hydrogen (secondary N) is 2. The van der Waals surface area contributed by atoms with Crippen molar-refractivity contribution < 1.29 is 9.59 Å². The topological polar surface area (TPSA) is 81.3 Å². The summed E-state index contributed by atoms with van der Waals surface area (Å²) in [4.78, 5) is 37.0. The van der Waals surface area contributed by atoms with E-state index in [0.717, 1.165) is 54.9 Å². The second-order valence-corrected chi connectivity index (χ2v) is 8.19.